The van der Waals surface area contributed by atoms with Gasteiger partial charge in [0.2, 0.25) is 0 Å². The van der Waals surface area contributed by atoms with E-state index in [4.69, 9.17) is 21.9 Å². The van der Waals surface area contributed by atoms with Gasteiger partial charge in [-0.1, -0.05) is 12.1 Å². The molecule has 0 saturated carbocycles. The number of likely N-dealkylation sites (tertiary alicyclic amines) is 1. The van der Waals surface area contributed by atoms with Crippen molar-refractivity contribution in [3.05, 3.63) is 59.9 Å². The van der Waals surface area contributed by atoms with Gasteiger partial charge in [0.15, 0.2) is 5.11 Å². The van der Waals surface area contributed by atoms with Crippen molar-refractivity contribution in [3.8, 4) is 0 Å². The minimum absolute atomic E-state index is 0.311. The molecule has 0 unspecified atom stereocenters. The number of ether oxygens (including phenoxy) is 1. The van der Waals surface area contributed by atoms with E-state index in [0.29, 0.717) is 23.2 Å². The number of anilines is 1. The van der Waals surface area contributed by atoms with Crippen LogP contribution in [0.5, 0.6) is 0 Å². The Bertz CT molecular complexity index is 974. The summed E-state index contributed by atoms with van der Waals surface area (Å²) in [6, 6.07) is 15.3. The zero-order valence-electron chi connectivity index (χ0n) is 16.4. The van der Waals surface area contributed by atoms with Crippen LogP contribution in [-0.4, -0.2) is 45.6 Å². The van der Waals surface area contributed by atoms with Gasteiger partial charge in [-0.15, -0.1) is 0 Å². The predicted octanol–water partition coefficient (Wildman–Crippen LogP) is 4.32. The van der Waals surface area contributed by atoms with E-state index in [-0.39, 0.29) is 5.97 Å². The Labute approximate surface area is 175 Å². The summed E-state index contributed by atoms with van der Waals surface area (Å²) in [5, 5.41) is 3.97. The van der Waals surface area contributed by atoms with Gasteiger partial charge in [-0.3, -0.25) is 0 Å². The van der Waals surface area contributed by atoms with Gasteiger partial charge < -0.3 is 19.9 Å². The van der Waals surface area contributed by atoms with Crippen LogP contribution in [-0.2, 0) is 4.74 Å². The van der Waals surface area contributed by atoms with Gasteiger partial charge in [-0.25, -0.2) is 9.78 Å². The molecule has 3 aromatic rings. The van der Waals surface area contributed by atoms with Crippen molar-refractivity contribution in [2.24, 2.45) is 0 Å². The van der Waals surface area contributed by atoms with E-state index in [1.807, 2.05) is 30.3 Å². The molecule has 1 saturated heterocycles. The fourth-order valence-corrected chi connectivity index (χ4v) is 3.93. The molecule has 2 N–H and O–H groups in total. The van der Waals surface area contributed by atoms with Gasteiger partial charge in [0.05, 0.1) is 23.2 Å². The summed E-state index contributed by atoms with van der Waals surface area (Å²) in [5.41, 5.74) is 3.51. The molecule has 4 rings (SSSR count). The molecule has 0 aliphatic carbocycles. The van der Waals surface area contributed by atoms with E-state index in [9.17, 15) is 4.79 Å². The maximum atomic E-state index is 11.7. The molecule has 2 aromatic carbocycles. The van der Waals surface area contributed by atoms with Gasteiger partial charge >= 0.3 is 5.97 Å². The topological polar surface area (TPSA) is 70.2 Å². The summed E-state index contributed by atoms with van der Waals surface area (Å²) < 4.78 is 5.01. The smallest absolute Gasteiger partial charge is 0.338 e. The summed E-state index contributed by atoms with van der Waals surface area (Å²) in [6.45, 7) is 3.93. The molecule has 6 nitrogen and oxygen atoms in total. The first-order valence-electron chi connectivity index (χ1n) is 9.92. The molecule has 0 amide bonds. The van der Waals surface area contributed by atoms with Crippen LogP contribution in [0.15, 0.2) is 48.5 Å². The van der Waals surface area contributed by atoms with E-state index in [1.165, 1.54) is 0 Å². The maximum Gasteiger partial charge on any atom is 0.338 e. The highest BCUT2D eigenvalue weighted by molar-refractivity contribution is 7.80. The van der Waals surface area contributed by atoms with Crippen LogP contribution in [0, 0.1) is 0 Å². The zero-order valence-corrected chi connectivity index (χ0v) is 17.2. The molecule has 7 heteroatoms. The molecular weight excluding hydrogens is 384 g/mol. The summed E-state index contributed by atoms with van der Waals surface area (Å²) in [5.74, 6) is 1.18. The summed E-state index contributed by atoms with van der Waals surface area (Å²) in [6.07, 6.45) is 2.01. The predicted molar refractivity (Wildman–Crippen MR) is 118 cm³/mol. The van der Waals surface area contributed by atoms with E-state index in [0.717, 1.165) is 48.5 Å². The molecule has 1 aliphatic rings. The van der Waals surface area contributed by atoms with Crippen LogP contribution in [0.2, 0.25) is 0 Å². The first kappa shape index (κ1) is 19.4. The number of thiocarbonyl (C=S) groups is 1. The molecular formula is C22H24N4O2S. The van der Waals surface area contributed by atoms with Crippen molar-refractivity contribution in [2.45, 2.75) is 25.7 Å². The third-order valence-electron chi connectivity index (χ3n) is 5.22. The number of rotatable bonds is 4. The summed E-state index contributed by atoms with van der Waals surface area (Å²) in [7, 11) is 0. The van der Waals surface area contributed by atoms with Gasteiger partial charge in [-0.2, -0.15) is 0 Å². The Hall–Kier alpha value is -2.93. The molecule has 29 heavy (non-hydrogen) atoms. The minimum atomic E-state index is -0.311. The first-order chi connectivity index (χ1) is 14.1. The molecule has 1 aliphatic heterocycles. The molecule has 0 spiro atoms. The van der Waals surface area contributed by atoms with Gasteiger partial charge in [0.25, 0.3) is 0 Å². The number of carbonyl (C=O) groups is 1. The van der Waals surface area contributed by atoms with Crippen molar-refractivity contribution >= 4 is 40.0 Å². The normalized spacial score (nSPS) is 14.7. The second kappa shape index (κ2) is 8.61. The number of nitrogens with zero attached hydrogens (tertiary/aromatic N) is 2. The second-order valence-electron chi connectivity index (χ2n) is 7.13. The van der Waals surface area contributed by atoms with E-state index < -0.39 is 0 Å². The van der Waals surface area contributed by atoms with E-state index in [1.54, 1.807) is 19.1 Å². The molecule has 0 radical (unpaired) electrons. The Morgan fingerprint density at radius 3 is 2.62 bits per heavy atom. The van der Waals surface area contributed by atoms with Crippen molar-refractivity contribution in [3.63, 3.8) is 0 Å². The summed E-state index contributed by atoms with van der Waals surface area (Å²) >= 11 is 5.59. The molecule has 0 atom stereocenters. The Morgan fingerprint density at radius 2 is 1.93 bits per heavy atom. The lowest BCUT2D eigenvalue weighted by atomic mass is 9.96. The molecule has 150 valence electrons. The average Bonchev–Trinajstić information content (AvgIpc) is 3.19. The van der Waals surface area contributed by atoms with Gasteiger partial charge in [0.1, 0.15) is 5.82 Å². The first-order valence-corrected chi connectivity index (χ1v) is 10.3. The number of aromatic amines is 1. The van der Waals surface area contributed by atoms with Crippen LogP contribution < -0.4 is 5.32 Å². The third-order valence-corrected chi connectivity index (χ3v) is 5.58. The number of hydrogen-bond acceptors (Lipinski definition) is 4. The highest BCUT2D eigenvalue weighted by Crippen LogP contribution is 2.28. The number of fused-ring (bicyclic) bond motifs is 1. The van der Waals surface area contributed by atoms with Gasteiger partial charge in [0, 0.05) is 24.7 Å². The van der Waals surface area contributed by atoms with Crippen molar-refractivity contribution < 1.29 is 9.53 Å². The minimum Gasteiger partial charge on any atom is -0.462 e. The molecule has 0 bridgehead atoms. The van der Waals surface area contributed by atoms with Crippen molar-refractivity contribution in [1.29, 1.82) is 0 Å². The number of para-hydroxylation sites is 2. The van der Waals surface area contributed by atoms with E-state index in [2.05, 4.69) is 21.3 Å². The quantitative estimate of drug-likeness (QED) is 0.495. The second-order valence-corrected chi connectivity index (χ2v) is 7.52. The van der Waals surface area contributed by atoms with Crippen molar-refractivity contribution in [2.75, 3.05) is 25.0 Å². The molecule has 1 aromatic heterocycles. The van der Waals surface area contributed by atoms with Crippen molar-refractivity contribution in [1.82, 2.24) is 14.9 Å². The lowest BCUT2D eigenvalue weighted by Crippen LogP contribution is -2.40. The number of carbonyl (C=O) groups excluding carboxylic acids is 1. The van der Waals surface area contributed by atoms with Crippen LogP contribution in [0.1, 0.15) is 41.9 Å². The lowest BCUT2D eigenvalue weighted by molar-refractivity contribution is 0.0526. The standard InChI is InChI=1S/C22H24N4O2S/c1-2-28-21(27)16-7-9-17(10-8-16)23-22(29)26-13-11-15(12-14-26)20-24-18-5-3-4-6-19(18)25-20/h3-10,15H,2,11-14H2,1H3,(H,23,29)(H,24,25). The zero-order chi connectivity index (χ0) is 20.2. The number of H-pyrrole nitrogens is 1. The monoisotopic (exact) mass is 408 g/mol. The number of aromatic nitrogens is 2. The fourth-order valence-electron chi connectivity index (χ4n) is 3.63. The fraction of sp³-hybridized carbons (Fsp3) is 0.318. The number of benzene rings is 2. The number of nitrogens with one attached hydrogen (secondary N) is 2. The van der Waals surface area contributed by atoms with Crippen LogP contribution in [0.4, 0.5) is 5.69 Å². The number of piperidine rings is 1. The highest BCUT2D eigenvalue weighted by Gasteiger charge is 2.24. The third kappa shape index (κ3) is 4.40. The van der Waals surface area contributed by atoms with E-state index >= 15 is 0 Å². The lowest BCUT2D eigenvalue weighted by Gasteiger charge is -2.33. The Kier molecular flexibility index (Phi) is 5.76. The average molecular weight is 409 g/mol. The molecule has 2 heterocycles. The SMILES string of the molecule is CCOC(=O)c1ccc(NC(=S)N2CCC(c3nc4ccccc4[nH]3)CC2)cc1. The van der Waals surface area contributed by atoms with Crippen LogP contribution >= 0.6 is 12.2 Å². The largest absolute Gasteiger partial charge is 0.462 e. The van der Waals surface area contributed by atoms with Gasteiger partial charge in [-0.05, 0) is 68.4 Å². The number of imidazole rings is 1. The number of hydrogen-bond donors (Lipinski definition) is 2. The number of esters is 1. The summed E-state index contributed by atoms with van der Waals surface area (Å²) in [4.78, 5) is 22.1. The highest BCUT2D eigenvalue weighted by atomic mass is 32.1. The Morgan fingerprint density at radius 1 is 1.21 bits per heavy atom. The maximum absolute atomic E-state index is 11.7. The Balaban J connectivity index is 1.32. The van der Waals surface area contributed by atoms with Crippen LogP contribution in [0.3, 0.4) is 0 Å². The van der Waals surface area contributed by atoms with Crippen LogP contribution in [0.25, 0.3) is 11.0 Å². The molecule has 1 fully saturated rings.